The summed E-state index contributed by atoms with van der Waals surface area (Å²) in [6.07, 6.45) is 0. The summed E-state index contributed by atoms with van der Waals surface area (Å²) >= 11 is 3.29. The second-order valence-corrected chi connectivity index (χ2v) is 6.70. The van der Waals surface area contributed by atoms with E-state index < -0.39 is 11.8 Å². The van der Waals surface area contributed by atoms with Crippen molar-refractivity contribution in [2.45, 2.75) is 26.9 Å². The summed E-state index contributed by atoms with van der Waals surface area (Å²) < 4.78 is 14.5. The molecule has 0 aliphatic heterocycles. The monoisotopic (exact) mass is 437 g/mol. The third-order valence-electron chi connectivity index (χ3n) is 4.21. The molecule has 0 saturated heterocycles. The predicted molar refractivity (Wildman–Crippen MR) is 103 cm³/mol. The summed E-state index contributed by atoms with van der Waals surface area (Å²) in [5.74, 6) is -1.05. The minimum absolute atomic E-state index is 0.171. The molecular weight excluding hydrogens is 418 g/mol. The van der Waals surface area contributed by atoms with Gasteiger partial charge in [0.25, 0.3) is 11.8 Å². The van der Waals surface area contributed by atoms with Crippen LogP contribution in [0, 0.1) is 6.92 Å². The molecule has 3 heterocycles. The molecule has 0 aliphatic carbocycles. The Morgan fingerprint density at radius 1 is 1.41 bits per heavy atom. The molecule has 3 N–H and O–H groups in total. The summed E-state index contributed by atoms with van der Waals surface area (Å²) in [4.78, 5) is 24.8. The second-order valence-electron chi connectivity index (χ2n) is 5.92. The van der Waals surface area contributed by atoms with Crippen LogP contribution in [-0.2, 0) is 17.8 Å². The van der Waals surface area contributed by atoms with Crippen molar-refractivity contribution in [1.82, 2.24) is 14.3 Å². The second kappa shape index (κ2) is 7.57. The minimum Gasteiger partial charge on any atom is -0.448 e. The molecule has 9 nitrogen and oxygen atoms in total. The Bertz CT molecular complexity index is 1020. The highest BCUT2D eigenvalue weighted by Gasteiger charge is 2.24. The van der Waals surface area contributed by atoms with Gasteiger partial charge in [-0.05, 0) is 29.8 Å². The molecule has 0 aliphatic rings. The van der Waals surface area contributed by atoms with Crippen LogP contribution in [0.4, 0.5) is 5.69 Å². The molecular formula is C17H20BrN5O4. The van der Waals surface area contributed by atoms with Crippen molar-refractivity contribution in [3.8, 4) is 0 Å². The number of carbonyl (C=O) groups excluding carboxylic acids is 2. The number of aryl methyl sites for hydroxylation is 2. The van der Waals surface area contributed by atoms with Gasteiger partial charge in [0.15, 0.2) is 10.3 Å². The van der Waals surface area contributed by atoms with Gasteiger partial charge in [0, 0.05) is 32.3 Å². The van der Waals surface area contributed by atoms with E-state index in [0.717, 1.165) is 5.52 Å². The molecule has 10 heteroatoms. The van der Waals surface area contributed by atoms with E-state index in [1.807, 2.05) is 6.92 Å². The number of nitrogens with one attached hydrogen (secondary N) is 1. The summed E-state index contributed by atoms with van der Waals surface area (Å²) in [6.45, 7) is 4.89. The first-order chi connectivity index (χ1) is 12.9. The van der Waals surface area contributed by atoms with E-state index in [0.29, 0.717) is 47.0 Å². The van der Waals surface area contributed by atoms with Crippen molar-refractivity contribution >= 4 is 44.5 Å². The number of methoxy groups -OCH3 is 1. The van der Waals surface area contributed by atoms with Crippen molar-refractivity contribution in [3.05, 3.63) is 33.9 Å². The van der Waals surface area contributed by atoms with Crippen molar-refractivity contribution in [2.75, 3.05) is 19.0 Å². The largest absolute Gasteiger partial charge is 0.448 e. The maximum absolute atomic E-state index is 13.0. The number of carbonyl (C=O) groups is 2. The predicted octanol–water partition coefficient (Wildman–Crippen LogP) is 2.52. The maximum Gasteiger partial charge on any atom is 0.272 e. The highest BCUT2D eigenvalue weighted by atomic mass is 79.9. The summed E-state index contributed by atoms with van der Waals surface area (Å²) in [7, 11) is 1.59. The number of anilines is 1. The standard InChI is InChI=1S/C17H20BrN5O4/c1-4-23-15(16(19)24)14(9(2)21-23)20-17(25)11-7-12-10(8-13(18)27-12)22(11)5-6-26-3/h7-8H,4-6H2,1-3H3,(H2,19,24)(H,20,25). The molecule has 0 aromatic carbocycles. The third kappa shape index (κ3) is 3.50. The lowest BCUT2D eigenvalue weighted by Gasteiger charge is -2.11. The summed E-state index contributed by atoms with van der Waals surface area (Å²) in [5, 5.41) is 7.04. The Labute approximate surface area is 163 Å². The number of halogens is 1. The van der Waals surface area contributed by atoms with Crippen LogP contribution < -0.4 is 11.1 Å². The van der Waals surface area contributed by atoms with Gasteiger partial charge < -0.3 is 24.8 Å². The molecule has 3 aromatic rings. The van der Waals surface area contributed by atoms with Crippen LogP contribution in [0.25, 0.3) is 11.1 Å². The van der Waals surface area contributed by atoms with E-state index in [1.54, 1.807) is 30.7 Å². The quantitative estimate of drug-likeness (QED) is 0.588. The Balaban J connectivity index is 2.01. The smallest absolute Gasteiger partial charge is 0.272 e. The molecule has 0 unspecified atom stereocenters. The Morgan fingerprint density at radius 3 is 2.78 bits per heavy atom. The molecule has 2 amide bonds. The number of fused-ring (bicyclic) bond motifs is 1. The third-order valence-corrected chi connectivity index (χ3v) is 4.60. The minimum atomic E-state index is -0.653. The van der Waals surface area contributed by atoms with Crippen molar-refractivity contribution in [1.29, 1.82) is 0 Å². The number of hydrogen-bond donors (Lipinski definition) is 2. The van der Waals surface area contributed by atoms with Gasteiger partial charge in [0.05, 0.1) is 23.5 Å². The SMILES string of the molecule is CCn1nc(C)c(NC(=O)c2cc3oc(Br)cc3n2CCOC)c1C(N)=O. The first-order valence-electron chi connectivity index (χ1n) is 8.33. The van der Waals surface area contributed by atoms with E-state index in [1.165, 1.54) is 4.68 Å². The molecule has 3 rings (SSSR count). The van der Waals surface area contributed by atoms with Gasteiger partial charge >= 0.3 is 0 Å². The van der Waals surface area contributed by atoms with E-state index in [2.05, 4.69) is 26.3 Å². The zero-order valence-electron chi connectivity index (χ0n) is 15.2. The number of aromatic nitrogens is 3. The number of nitrogens with zero attached hydrogens (tertiary/aromatic N) is 3. The highest BCUT2D eigenvalue weighted by Crippen LogP contribution is 2.28. The molecule has 27 heavy (non-hydrogen) atoms. The number of nitrogens with two attached hydrogens (primary N) is 1. The fourth-order valence-electron chi connectivity index (χ4n) is 3.01. The van der Waals surface area contributed by atoms with Crippen LogP contribution in [0.3, 0.4) is 0 Å². The number of rotatable bonds is 7. The lowest BCUT2D eigenvalue weighted by atomic mass is 10.2. The Hall–Kier alpha value is -2.59. The van der Waals surface area contributed by atoms with Gasteiger partial charge in [-0.1, -0.05) is 0 Å². The normalized spacial score (nSPS) is 11.3. The summed E-state index contributed by atoms with van der Waals surface area (Å²) in [5.41, 5.74) is 8.19. The van der Waals surface area contributed by atoms with Crippen LogP contribution in [0.1, 0.15) is 33.6 Å². The van der Waals surface area contributed by atoms with Crippen LogP contribution in [0.5, 0.6) is 0 Å². The van der Waals surface area contributed by atoms with E-state index >= 15 is 0 Å². The van der Waals surface area contributed by atoms with Crippen molar-refractivity contribution in [2.24, 2.45) is 5.73 Å². The van der Waals surface area contributed by atoms with E-state index in [9.17, 15) is 9.59 Å². The fourth-order valence-corrected chi connectivity index (χ4v) is 3.40. The maximum atomic E-state index is 13.0. The van der Waals surface area contributed by atoms with Crippen LogP contribution >= 0.6 is 15.9 Å². The van der Waals surface area contributed by atoms with E-state index in [4.69, 9.17) is 14.9 Å². The molecule has 0 atom stereocenters. The Morgan fingerprint density at radius 2 is 2.15 bits per heavy atom. The Kier molecular flexibility index (Phi) is 5.38. The van der Waals surface area contributed by atoms with Crippen LogP contribution in [0.2, 0.25) is 0 Å². The zero-order chi connectivity index (χ0) is 19.7. The van der Waals surface area contributed by atoms with Gasteiger partial charge in [-0.15, -0.1) is 0 Å². The zero-order valence-corrected chi connectivity index (χ0v) is 16.8. The molecule has 0 saturated carbocycles. The number of hydrogen-bond acceptors (Lipinski definition) is 5. The van der Waals surface area contributed by atoms with Crippen molar-refractivity contribution in [3.63, 3.8) is 0 Å². The average Bonchev–Trinajstić information content (AvgIpc) is 3.23. The first kappa shape index (κ1) is 19.2. The molecule has 3 aromatic heterocycles. The first-order valence-corrected chi connectivity index (χ1v) is 9.12. The van der Waals surface area contributed by atoms with Crippen LogP contribution in [0.15, 0.2) is 21.2 Å². The fraction of sp³-hybridized carbons (Fsp3) is 0.353. The molecule has 144 valence electrons. The number of primary amides is 1. The van der Waals surface area contributed by atoms with Gasteiger partial charge in [0.2, 0.25) is 0 Å². The number of ether oxygens (including phenoxy) is 1. The van der Waals surface area contributed by atoms with Gasteiger partial charge in [0.1, 0.15) is 11.4 Å². The lowest BCUT2D eigenvalue weighted by molar-refractivity contribution is 0.0991. The molecule has 0 spiro atoms. The van der Waals surface area contributed by atoms with Gasteiger partial charge in [-0.2, -0.15) is 5.10 Å². The highest BCUT2D eigenvalue weighted by molar-refractivity contribution is 9.10. The average molecular weight is 438 g/mol. The lowest BCUT2D eigenvalue weighted by Crippen LogP contribution is -2.23. The van der Waals surface area contributed by atoms with Crippen molar-refractivity contribution < 1.29 is 18.7 Å². The molecule has 0 fully saturated rings. The van der Waals surface area contributed by atoms with Gasteiger partial charge in [-0.3, -0.25) is 14.3 Å². The topological polar surface area (TPSA) is 117 Å². The van der Waals surface area contributed by atoms with E-state index in [-0.39, 0.29) is 5.69 Å². The number of furan rings is 1. The van der Waals surface area contributed by atoms with Gasteiger partial charge in [-0.25, -0.2) is 0 Å². The summed E-state index contributed by atoms with van der Waals surface area (Å²) in [6, 6.07) is 3.44. The van der Waals surface area contributed by atoms with Crippen LogP contribution in [-0.4, -0.2) is 39.9 Å². The number of amides is 2. The molecule has 0 bridgehead atoms. The molecule has 0 radical (unpaired) electrons.